The third-order valence-electron chi connectivity index (χ3n) is 5.27. The Bertz CT molecular complexity index is 1010. The zero-order chi connectivity index (χ0) is 22.0. The number of nitrogens with one attached hydrogen (secondary N) is 2. The number of H-pyrrole nitrogens is 1. The first-order valence-electron chi connectivity index (χ1n) is 10.2. The molecule has 1 saturated heterocycles. The highest BCUT2D eigenvalue weighted by Gasteiger charge is 2.25. The molecule has 1 aromatic carbocycles. The van der Waals surface area contributed by atoms with E-state index in [1.807, 2.05) is 11.8 Å². The van der Waals surface area contributed by atoms with E-state index in [1.54, 1.807) is 23.2 Å². The molecule has 164 valence electrons. The Morgan fingerprint density at radius 3 is 2.39 bits per heavy atom. The number of ether oxygens (including phenoxy) is 2. The van der Waals surface area contributed by atoms with Crippen LogP contribution in [-0.2, 0) is 4.79 Å². The number of aromatic amines is 1. The lowest BCUT2D eigenvalue weighted by Gasteiger charge is -2.33. The predicted molar refractivity (Wildman–Crippen MR) is 112 cm³/mol. The number of rotatable bonds is 5. The van der Waals surface area contributed by atoms with Crippen molar-refractivity contribution in [3.8, 4) is 11.5 Å². The van der Waals surface area contributed by atoms with E-state index in [9.17, 15) is 14.4 Å². The number of benzene rings is 1. The highest BCUT2D eigenvalue weighted by molar-refractivity contribution is 6.05. The van der Waals surface area contributed by atoms with Gasteiger partial charge in [-0.05, 0) is 19.9 Å². The topological polar surface area (TPSA) is 117 Å². The standard InChI is InChI=1S/C21H25N5O5/c1-13-11-22-20(23-13)21(29)26-5-3-25(4-6-26)12-19(28)24-16-10-18-17(30-7-8-31-18)9-15(16)14(2)27/h9-11H,3-8,12H2,1-2H3,(H,22,23)(H,24,28). The second-order valence-electron chi connectivity index (χ2n) is 7.60. The fourth-order valence-electron chi connectivity index (χ4n) is 3.66. The molecule has 2 N–H and O–H groups in total. The van der Waals surface area contributed by atoms with Crippen LogP contribution < -0.4 is 14.8 Å². The van der Waals surface area contributed by atoms with Gasteiger partial charge in [0, 0.05) is 44.0 Å². The van der Waals surface area contributed by atoms with E-state index in [0.717, 1.165) is 5.69 Å². The molecule has 4 rings (SSSR count). The minimum absolute atomic E-state index is 0.139. The van der Waals surface area contributed by atoms with Gasteiger partial charge in [0.2, 0.25) is 5.91 Å². The van der Waals surface area contributed by atoms with Crippen LogP contribution in [0.4, 0.5) is 5.69 Å². The lowest BCUT2D eigenvalue weighted by Crippen LogP contribution is -2.50. The van der Waals surface area contributed by atoms with Crippen molar-refractivity contribution in [1.82, 2.24) is 19.8 Å². The molecule has 1 fully saturated rings. The van der Waals surface area contributed by atoms with Gasteiger partial charge in [-0.3, -0.25) is 19.3 Å². The summed E-state index contributed by atoms with van der Waals surface area (Å²) in [6.07, 6.45) is 1.70. The van der Waals surface area contributed by atoms with Crippen molar-refractivity contribution in [2.45, 2.75) is 13.8 Å². The molecular formula is C21H25N5O5. The van der Waals surface area contributed by atoms with E-state index in [2.05, 4.69) is 15.3 Å². The van der Waals surface area contributed by atoms with Gasteiger partial charge >= 0.3 is 0 Å². The van der Waals surface area contributed by atoms with Crippen molar-refractivity contribution < 1.29 is 23.9 Å². The molecule has 1 aromatic heterocycles. The number of ketones is 1. The number of aryl methyl sites for hydroxylation is 1. The Hall–Kier alpha value is -3.40. The number of piperazine rings is 1. The van der Waals surface area contributed by atoms with Crippen LogP contribution in [0, 0.1) is 6.92 Å². The zero-order valence-corrected chi connectivity index (χ0v) is 17.6. The van der Waals surface area contributed by atoms with Crippen LogP contribution in [0.15, 0.2) is 18.3 Å². The fraction of sp³-hybridized carbons (Fsp3) is 0.429. The summed E-state index contributed by atoms with van der Waals surface area (Å²) < 4.78 is 11.1. The zero-order valence-electron chi connectivity index (χ0n) is 17.6. The van der Waals surface area contributed by atoms with Crippen molar-refractivity contribution in [3.05, 3.63) is 35.4 Å². The van der Waals surface area contributed by atoms with Crippen molar-refractivity contribution in [2.24, 2.45) is 0 Å². The molecule has 10 heteroatoms. The smallest absolute Gasteiger partial charge is 0.289 e. The Kier molecular flexibility index (Phi) is 5.90. The largest absolute Gasteiger partial charge is 0.486 e. The van der Waals surface area contributed by atoms with Gasteiger partial charge in [0.1, 0.15) is 13.2 Å². The normalized spacial score (nSPS) is 16.1. The summed E-state index contributed by atoms with van der Waals surface area (Å²) in [5.41, 5.74) is 1.55. The van der Waals surface area contributed by atoms with Crippen LogP contribution in [0.25, 0.3) is 0 Å². The van der Waals surface area contributed by atoms with Crippen molar-refractivity contribution in [2.75, 3.05) is 51.3 Å². The second-order valence-corrected chi connectivity index (χ2v) is 7.60. The molecule has 10 nitrogen and oxygen atoms in total. The number of nitrogens with zero attached hydrogens (tertiary/aromatic N) is 3. The molecule has 2 amide bonds. The molecule has 0 saturated carbocycles. The second kappa shape index (κ2) is 8.76. The van der Waals surface area contributed by atoms with Crippen LogP contribution in [-0.4, -0.2) is 83.3 Å². The molecule has 0 spiro atoms. The number of anilines is 1. The van der Waals surface area contributed by atoms with Gasteiger partial charge in [-0.25, -0.2) is 4.98 Å². The summed E-state index contributed by atoms with van der Waals surface area (Å²) in [4.78, 5) is 47.9. The lowest BCUT2D eigenvalue weighted by atomic mass is 10.1. The summed E-state index contributed by atoms with van der Waals surface area (Å²) in [5.74, 6) is 0.792. The molecule has 2 aliphatic heterocycles. The number of imidazole rings is 1. The molecule has 0 radical (unpaired) electrons. The molecule has 2 aliphatic rings. The summed E-state index contributed by atoms with van der Waals surface area (Å²) in [6, 6.07) is 3.23. The van der Waals surface area contributed by atoms with Gasteiger partial charge in [0.25, 0.3) is 5.91 Å². The number of amides is 2. The van der Waals surface area contributed by atoms with Crippen LogP contribution in [0.2, 0.25) is 0 Å². The van der Waals surface area contributed by atoms with Gasteiger partial charge in [-0.1, -0.05) is 0 Å². The van der Waals surface area contributed by atoms with Crippen molar-refractivity contribution in [3.63, 3.8) is 0 Å². The first kappa shape index (κ1) is 20.9. The Balaban J connectivity index is 1.34. The van der Waals surface area contributed by atoms with E-state index in [1.165, 1.54) is 6.92 Å². The number of carbonyl (C=O) groups is 3. The fourth-order valence-corrected chi connectivity index (χ4v) is 3.66. The lowest BCUT2D eigenvalue weighted by molar-refractivity contribution is -0.117. The maximum absolute atomic E-state index is 12.6. The molecule has 0 bridgehead atoms. The average Bonchev–Trinajstić information content (AvgIpc) is 3.19. The van der Waals surface area contributed by atoms with Gasteiger partial charge in [-0.2, -0.15) is 0 Å². The van der Waals surface area contributed by atoms with Gasteiger partial charge < -0.3 is 24.7 Å². The van der Waals surface area contributed by atoms with Crippen molar-refractivity contribution in [1.29, 1.82) is 0 Å². The SMILES string of the molecule is CC(=O)c1cc2c(cc1NC(=O)CN1CCN(C(=O)c3nc(C)c[nH]3)CC1)OCCO2. The summed E-state index contributed by atoms with van der Waals surface area (Å²) in [6.45, 7) is 6.42. The molecule has 0 atom stereocenters. The molecule has 3 heterocycles. The third kappa shape index (κ3) is 4.69. The number of aromatic nitrogens is 2. The van der Waals surface area contributed by atoms with Gasteiger partial charge in [0.15, 0.2) is 23.1 Å². The molecular weight excluding hydrogens is 402 g/mol. The Labute approximate surface area is 179 Å². The minimum atomic E-state index is -0.236. The maximum Gasteiger partial charge on any atom is 0.289 e. The number of fused-ring (bicyclic) bond motifs is 1. The van der Waals surface area contributed by atoms with E-state index >= 15 is 0 Å². The van der Waals surface area contributed by atoms with E-state index in [-0.39, 0.29) is 24.1 Å². The van der Waals surface area contributed by atoms with E-state index in [4.69, 9.17) is 9.47 Å². The predicted octanol–water partition coefficient (Wildman–Crippen LogP) is 1.09. The third-order valence-corrected chi connectivity index (χ3v) is 5.27. The molecule has 2 aromatic rings. The number of carbonyl (C=O) groups excluding carboxylic acids is 3. The highest BCUT2D eigenvalue weighted by atomic mass is 16.6. The summed E-state index contributed by atoms with van der Waals surface area (Å²) >= 11 is 0. The van der Waals surface area contributed by atoms with Crippen LogP contribution >= 0.6 is 0 Å². The number of hydrogen-bond acceptors (Lipinski definition) is 7. The molecule has 0 aliphatic carbocycles. The Morgan fingerprint density at radius 2 is 1.77 bits per heavy atom. The number of Topliss-reactive ketones (excluding diaryl/α,β-unsaturated/α-hetero) is 1. The summed E-state index contributed by atoms with van der Waals surface area (Å²) in [7, 11) is 0. The van der Waals surface area contributed by atoms with Crippen molar-refractivity contribution >= 4 is 23.3 Å². The van der Waals surface area contributed by atoms with E-state index in [0.29, 0.717) is 68.0 Å². The van der Waals surface area contributed by atoms with Crippen LogP contribution in [0.5, 0.6) is 11.5 Å². The van der Waals surface area contributed by atoms with Crippen LogP contribution in [0.1, 0.15) is 33.6 Å². The maximum atomic E-state index is 12.6. The van der Waals surface area contributed by atoms with Gasteiger partial charge in [0.05, 0.1) is 17.9 Å². The summed E-state index contributed by atoms with van der Waals surface area (Å²) in [5, 5.41) is 2.82. The number of hydrogen-bond donors (Lipinski definition) is 2. The Morgan fingerprint density at radius 1 is 1.10 bits per heavy atom. The quantitative estimate of drug-likeness (QED) is 0.686. The highest BCUT2D eigenvalue weighted by Crippen LogP contribution is 2.35. The monoisotopic (exact) mass is 427 g/mol. The molecule has 31 heavy (non-hydrogen) atoms. The molecule has 0 unspecified atom stereocenters. The minimum Gasteiger partial charge on any atom is -0.486 e. The first-order chi connectivity index (χ1) is 14.9. The van der Waals surface area contributed by atoms with Crippen LogP contribution in [0.3, 0.4) is 0 Å². The first-order valence-corrected chi connectivity index (χ1v) is 10.2. The van der Waals surface area contributed by atoms with Gasteiger partial charge in [-0.15, -0.1) is 0 Å². The average molecular weight is 427 g/mol. The van der Waals surface area contributed by atoms with E-state index < -0.39 is 0 Å².